The zero-order valence-corrected chi connectivity index (χ0v) is 12.5. The van der Waals surface area contributed by atoms with Gasteiger partial charge in [-0.25, -0.2) is 22.8 Å². The monoisotopic (exact) mass is 330 g/mol. The van der Waals surface area contributed by atoms with Crippen LogP contribution in [0.1, 0.15) is 5.56 Å². The van der Waals surface area contributed by atoms with Gasteiger partial charge in [-0.3, -0.25) is 5.43 Å². The van der Waals surface area contributed by atoms with Gasteiger partial charge < -0.3 is 0 Å². The molecule has 2 heterocycles. The Morgan fingerprint density at radius 2 is 1.91 bits per heavy atom. The van der Waals surface area contributed by atoms with Gasteiger partial charge in [0.25, 0.3) is 0 Å². The van der Waals surface area contributed by atoms with Gasteiger partial charge in [-0.15, -0.1) is 5.53 Å². The van der Waals surface area contributed by atoms with E-state index in [-0.39, 0.29) is 15.7 Å². The summed E-state index contributed by atoms with van der Waals surface area (Å²) in [5.41, 5.74) is 7.04. The minimum atomic E-state index is -3.92. The van der Waals surface area contributed by atoms with Gasteiger partial charge >= 0.3 is 0 Å². The third-order valence-electron chi connectivity index (χ3n) is 3.57. The number of rotatable bonds is 2. The van der Waals surface area contributed by atoms with E-state index in [1.807, 2.05) is 24.3 Å². The topological polar surface area (TPSA) is 73.8 Å². The quantitative estimate of drug-likeness (QED) is 0.876. The Labute approximate surface area is 131 Å². The number of halogens is 1. The Morgan fingerprint density at radius 3 is 2.74 bits per heavy atom. The molecule has 8 heteroatoms. The van der Waals surface area contributed by atoms with Gasteiger partial charge in [0, 0.05) is 11.8 Å². The lowest BCUT2D eigenvalue weighted by atomic mass is 10.1. The van der Waals surface area contributed by atoms with Crippen molar-refractivity contribution in [2.45, 2.75) is 4.90 Å². The van der Waals surface area contributed by atoms with Crippen molar-refractivity contribution < 1.29 is 12.8 Å². The van der Waals surface area contributed by atoms with E-state index in [9.17, 15) is 12.8 Å². The predicted molar refractivity (Wildman–Crippen MR) is 83.4 cm³/mol. The lowest BCUT2D eigenvalue weighted by Crippen LogP contribution is -2.39. The van der Waals surface area contributed by atoms with Gasteiger partial charge in [0.2, 0.25) is 9.84 Å². The molecule has 0 aromatic heterocycles. The number of anilines is 1. The number of nitrogens with zero attached hydrogens (tertiary/aromatic N) is 2. The Kier molecular flexibility index (Phi) is 2.97. The molecular weight excluding hydrogens is 319 g/mol. The maximum atomic E-state index is 13.4. The summed E-state index contributed by atoms with van der Waals surface area (Å²) in [5, 5.41) is 1.43. The molecule has 2 N–H and O–H groups in total. The summed E-state index contributed by atoms with van der Waals surface area (Å²) in [6.07, 6.45) is 1.59. The standard InChI is InChI=1S/C15H11FN4O2S/c16-11-5-3-6-12(8-11)23(21,22)15-14-17-9-10-4-1-2-7-13(10)20(14)19-18-15/h1-9,18-19H. The van der Waals surface area contributed by atoms with E-state index in [4.69, 9.17) is 0 Å². The fourth-order valence-corrected chi connectivity index (χ4v) is 3.80. The molecule has 0 spiro atoms. The van der Waals surface area contributed by atoms with Crippen molar-refractivity contribution in [3.8, 4) is 0 Å². The first-order valence-corrected chi connectivity index (χ1v) is 8.25. The number of benzene rings is 2. The van der Waals surface area contributed by atoms with E-state index in [1.54, 1.807) is 11.2 Å². The van der Waals surface area contributed by atoms with Gasteiger partial charge in [-0.2, -0.15) is 0 Å². The summed E-state index contributed by atoms with van der Waals surface area (Å²) in [5.74, 6) is -0.398. The largest absolute Gasteiger partial charge is 0.290 e. The number of para-hydroxylation sites is 1. The van der Waals surface area contributed by atoms with Crippen LogP contribution < -0.4 is 16.0 Å². The highest BCUT2D eigenvalue weighted by Crippen LogP contribution is 2.32. The fourth-order valence-electron chi connectivity index (χ4n) is 2.48. The van der Waals surface area contributed by atoms with Crippen LogP contribution in [0.15, 0.2) is 69.3 Å². The molecule has 0 amide bonds. The average molecular weight is 330 g/mol. The summed E-state index contributed by atoms with van der Waals surface area (Å²) in [6, 6.07) is 12.3. The minimum Gasteiger partial charge on any atom is -0.290 e. The summed E-state index contributed by atoms with van der Waals surface area (Å²) < 4.78 is 38.8. The fraction of sp³-hybridized carbons (Fsp3) is 0. The summed E-state index contributed by atoms with van der Waals surface area (Å²) in [7, 11) is -3.92. The zero-order chi connectivity index (χ0) is 16.0. The number of hydrogen-bond acceptors (Lipinski definition) is 6. The SMILES string of the molecule is O=S(=O)(C1=C2N=Cc3ccccc3N2NN1)c1cccc(F)c1. The van der Waals surface area contributed by atoms with Crippen molar-refractivity contribution in [2.24, 2.45) is 4.99 Å². The average Bonchev–Trinajstić information content (AvgIpc) is 3.00. The van der Waals surface area contributed by atoms with Crippen LogP contribution in [0.4, 0.5) is 10.1 Å². The van der Waals surface area contributed by atoms with Crippen LogP contribution in [-0.4, -0.2) is 14.6 Å². The van der Waals surface area contributed by atoms with Crippen LogP contribution in [0.25, 0.3) is 0 Å². The van der Waals surface area contributed by atoms with E-state index in [0.717, 1.165) is 17.3 Å². The Hall–Kier alpha value is -2.71. The molecule has 23 heavy (non-hydrogen) atoms. The Morgan fingerprint density at radius 1 is 1.09 bits per heavy atom. The molecule has 2 aromatic carbocycles. The molecule has 4 rings (SSSR count). The summed E-state index contributed by atoms with van der Waals surface area (Å²) in [4.78, 5) is 4.08. The highest BCUT2D eigenvalue weighted by Gasteiger charge is 2.35. The second kappa shape index (κ2) is 4.90. The molecule has 2 aliphatic rings. The van der Waals surface area contributed by atoms with Gasteiger partial charge in [0.1, 0.15) is 5.82 Å². The van der Waals surface area contributed by atoms with Crippen molar-refractivity contribution in [1.29, 1.82) is 0 Å². The lowest BCUT2D eigenvalue weighted by Gasteiger charge is -2.23. The van der Waals surface area contributed by atoms with Crippen LogP contribution in [0, 0.1) is 5.82 Å². The molecule has 0 atom stereocenters. The van der Waals surface area contributed by atoms with Crippen LogP contribution in [-0.2, 0) is 9.84 Å². The van der Waals surface area contributed by atoms with E-state index >= 15 is 0 Å². The maximum Gasteiger partial charge on any atom is 0.226 e. The van der Waals surface area contributed by atoms with E-state index in [1.165, 1.54) is 18.2 Å². The number of aliphatic imine (C=N–C) groups is 1. The second-order valence-electron chi connectivity index (χ2n) is 5.00. The van der Waals surface area contributed by atoms with Crippen molar-refractivity contribution in [1.82, 2.24) is 11.0 Å². The molecule has 2 aliphatic heterocycles. The molecule has 6 nitrogen and oxygen atoms in total. The van der Waals surface area contributed by atoms with Crippen LogP contribution in [0.2, 0.25) is 0 Å². The van der Waals surface area contributed by atoms with Gasteiger partial charge in [0.05, 0.1) is 10.6 Å². The number of nitrogens with one attached hydrogen (secondary N) is 2. The minimum absolute atomic E-state index is 0.117. The van der Waals surface area contributed by atoms with Gasteiger partial charge in [-0.05, 0) is 24.3 Å². The number of fused-ring (bicyclic) bond motifs is 3. The maximum absolute atomic E-state index is 13.4. The highest BCUT2D eigenvalue weighted by atomic mass is 32.2. The lowest BCUT2D eigenvalue weighted by molar-refractivity contribution is 0.588. The highest BCUT2D eigenvalue weighted by molar-refractivity contribution is 7.95. The third kappa shape index (κ3) is 2.11. The smallest absolute Gasteiger partial charge is 0.226 e. The molecule has 0 fully saturated rings. The first kappa shape index (κ1) is 13.9. The van der Waals surface area contributed by atoms with Crippen molar-refractivity contribution in [3.05, 3.63) is 70.8 Å². The molecule has 0 saturated heterocycles. The van der Waals surface area contributed by atoms with Crippen molar-refractivity contribution in [3.63, 3.8) is 0 Å². The molecule has 2 aromatic rings. The molecule has 0 unspecified atom stereocenters. The number of hydrazine groups is 2. The first-order chi connectivity index (χ1) is 11.1. The molecule has 0 bridgehead atoms. The molecule has 0 radical (unpaired) electrons. The van der Waals surface area contributed by atoms with E-state index < -0.39 is 15.7 Å². The van der Waals surface area contributed by atoms with Gasteiger partial charge in [-0.1, -0.05) is 24.3 Å². The predicted octanol–water partition coefficient (Wildman–Crippen LogP) is 1.69. The van der Waals surface area contributed by atoms with E-state index in [0.29, 0.717) is 0 Å². The summed E-state index contributed by atoms with van der Waals surface area (Å²) >= 11 is 0. The molecule has 116 valence electrons. The van der Waals surface area contributed by atoms with Crippen molar-refractivity contribution in [2.75, 3.05) is 5.01 Å². The number of sulfone groups is 1. The third-order valence-corrected chi connectivity index (χ3v) is 5.27. The van der Waals surface area contributed by atoms with Crippen LogP contribution >= 0.6 is 0 Å². The van der Waals surface area contributed by atoms with Crippen LogP contribution in [0.3, 0.4) is 0 Å². The second-order valence-corrected chi connectivity index (χ2v) is 6.89. The Balaban J connectivity index is 1.85. The first-order valence-electron chi connectivity index (χ1n) is 6.77. The van der Waals surface area contributed by atoms with Gasteiger partial charge in [0.15, 0.2) is 10.9 Å². The molecular formula is C15H11FN4O2S. The zero-order valence-electron chi connectivity index (χ0n) is 11.7. The Bertz CT molecular complexity index is 969. The normalized spacial score (nSPS) is 16.1. The van der Waals surface area contributed by atoms with Crippen molar-refractivity contribution >= 4 is 21.7 Å². The molecule has 0 saturated carbocycles. The number of hydrogen-bond donors (Lipinski definition) is 2. The summed E-state index contributed by atoms with van der Waals surface area (Å²) in [6.45, 7) is 0. The molecule has 0 aliphatic carbocycles. The van der Waals surface area contributed by atoms with Crippen LogP contribution in [0.5, 0.6) is 0 Å². The van der Waals surface area contributed by atoms with E-state index in [2.05, 4.69) is 16.0 Å².